The molecule has 18 nitrogen and oxygen atoms in total. The van der Waals surface area contributed by atoms with Crippen molar-refractivity contribution >= 4 is 45.7 Å². The molecule has 62 heavy (non-hydrogen) atoms. The van der Waals surface area contributed by atoms with Crippen LogP contribution in [0.5, 0.6) is 11.5 Å². The first-order chi connectivity index (χ1) is 29.2. The maximum atomic E-state index is 12.7. The van der Waals surface area contributed by atoms with Crippen LogP contribution < -0.4 is 78.0 Å². The number of hydrogen-bond donors (Lipinski definition) is 6. The van der Waals surface area contributed by atoms with Crippen LogP contribution in [-0.4, -0.2) is 61.3 Å². The van der Waals surface area contributed by atoms with E-state index in [9.17, 15) is 9.59 Å². The van der Waals surface area contributed by atoms with Gasteiger partial charge < -0.3 is 30.7 Å². The van der Waals surface area contributed by atoms with E-state index in [1.165, 1.54) is 0 Å². The molecule has 0 radical (unpaired) electrons. The number of anilines is 2. The van der Waals surface area contributed by atoms with Crippen LogP contribution in [-0.2, 0) is 9.59 Å². The molecule has 2 unspecified atom stereocenters. The Morgan fingerprint density at radius 3 is 1.27 bits per heavy atom. The number of halogens is 2. The Morgan fingerprint density at radius 1 is 0.597 bits per heavy atom. The van der Waals surface area contributed by atoms with Gasteiger partial charge in [-0.1, -0.05) is 38.2 Å². The summed E-state index contributed by atoms with van der Waals surface area (Å²) in [4.78, 5) is 32.2. The number of ketones is 2. The third-order valence-corrected chi connectivity index (χ3v) is 9.83. The normalized spacial score (nSPS) is 19.2. The first kappa shape index (κ1) is 48.0. The fourth-order valence-corrected chi connectivity index (χ4v) is 7.46. The minimum absolute atomic E-state index is 0.0173. The van der Waals surface area contributed by atoms with Gasteiger partial charge in [-0.3, -0.25) is 9.59 Å². The van der Waals surface area contributed by atoms with E-state index in [0.717, 1.165) is 117 Å². The van der Waals surface area contributed by atoms with Gasteiger partial charge in [0.05, 0.1) is 23.2 Å². The molecule has 2 atom stereocenters. The van der Waals surface area contributed by atoms with E-state index in [2.05, 4.69) is 109 Å². The van der Waals surface area contributed by atoms with Gasteiger partial charge in [0.1, 0.15) is 0 Å². The van der Waals surface area contributed by atoms with E-state index in [1.807, 2.05) is 24.3 Å². The molecule has 0 bridgehead atoms. The van der Waals surface area contributed by atoms with Crippen LogP contribution in [0.25, 0.3) is 0 Å². The molecule has 0 amide bonds. The van der Waals surface area contributed by atoms with Crippen LogP contribution in [0.15, 0.2) is 94.5 Å². The predicted octanol–water partition coefficient (Wildman–Crippen LogP) is -6.16. The largest absolute Gasteiger partial charge is 0.444 e. The van der Waals surface area contributed by atoms with Gasteiger partial charge in [0.2, 0.25) is 22.9 Å². The maximum absolute atomic E-state index is 12.7. The van der Waals surface area contributed by atoms with Gasteiger partial charge in [-0.25, -0.2) is 37.3 Å². The Bertz CT molecular complexity index is 2160. The van der Waals surface area contributed by atoms with Crippen LogP contribution in [0.2, 0.25) is 0 Å². The van der Waals surface area contributed by atoms with Gasteiger partial charge in [0.25, 0.3) is 11.4 Å². The van der Waals surface area contributed by atoms with Crippen molar-refractivity contribution in [3.05, 3.63) is 106 Å². The van der Waals surface area contributed by atoms with Gasteiger partial charge in [0, 0.05) is 61.6 Å². The SMILES string of the molecule is CCNc1cc2c(cc1C)[NH+]=C1C(=CC(NCC)C3=C1C(=O)CC=C3)O2.CCNc1cc2c(cc1C)[NH+]=C1C(=CC(NCC)C3=C1C(=O)CC=C3)O2.[O-][Cl+3]([O-])([O-])[O-].[O-][Cl+3]([O-])([O-])[O-]. The molecule has 0 spiro atoms. The third kappa shape index (κ3) is 12.1. The minimum Gasteiger partial charge on any atom is -0.444 e. The minimum atomic E-state index is -4.94. The molecule has 0 saturated heterocycles. The van der Waals surface area contributed by atoms with E-state index in [4.69, 9.17) is 46.7 Å². The monoisotopic (exact) mass is 898 g/mol. The average molecular weight is 900 g/mol. The lowest BCUT2D eigenvalue weighted by Crippen LogP contribution is -2.71. The molecule has 4 aliphatic carbocycles. The van der Waals surface area contributed by atoms with Crippen LogP contribution in [0.1, 0.15) is 51.7 Å². The fraction of sp³-hybridized carbons (Fsp3) is 0.333. The van der Waals surface area contributed by atoms with E-state index < -0.39 is 20.5 Å². The smallest absolute Gasteiger partial charge is 0.258 e. The quantitative estimate of drug-likeness (QED) is 0.144. The number of nitrogens with one attached hydrogen (secondary N) is 6. The highest BCUT2D eigenvalue weighted by Gasteiger charge is 2.41. The summed E-state index contributed by atoms with van der Waals surface area (Å²) in [7, 11) is -9.89. The summed E-state index contributed by atoms with van der Waals surface area (Å²) in [5, 5.41) is 13.6. The standard InChI is InChI=1S/2C21H23N3O2.2ClHO4/c2*1-4-22-14-10-18-16(9-12(14)3)24-21-19(26-18)11-15(23-5-2)13-7-6-8-17(25)20(13)21;2*2-1(3,4)5/h2*6-7,9-11,15,22-23H,4-5,8H2,1-3H3;2*(H,2,3,4,5). The lowest BCUT2D eigenvalue weighted by atomic mass is 9.83. The van der Waals surface area contributed by atoms with Crippen molar-refractivity contribution in [2.24, 2.45) is 0 Å². The lowest BCUT2D eigenvalue weighted by Gasteiger charge is -2.28. The fourth-order valence-electron chi connectivity index (χ4n) is 7.46. The number of allylic oxidation sites excluding steroid dienone is 4. The van der Waals surface area contributed by atoms with Crippen LogP contribution >= 0.6 is 0 Å². The Morgan fingerprint density at radius 2 is 0.952 bits per heavy atom. The summed E-state index contributed by atoms with van der Waals surface area (Å²) >= 11 is 0. The van der Waals surface area contributed by atoms with Gasteiger partial charge >= 0.3 is 0 Å². The Kier molecular flexibility index (Phi) is 15.8. The Balaban J connectivity index is 0.000000193. The van der Waals surface area contributed by atoms with Gasteiger partial charge in [-0.05, 0) is 75.2 Å². The molecular weight excluding hydrogens is 851 g/mol. The highest BCUT2D eigenvalue weighted by atomic mass is 35.7. The van der Waals surface area contributed by atoms with Crippen molar-refractivity contribution in [3.63, 3.8) is 0 Å². The molecule has 0 aromatic heterocycles. The number of ether oxygens (including phenoxy) is 2. The molecule has 2 aromatic carbocycles. The van der Waals surface area contributed by atoms with Crippen molar-refractivity contribution < 1.29 is 86.8 Å². The molecule has 0 fully saturated rings. The summed E-state index contributed by atoms with van der Waals surface area (Å²) in [6.07, 6.45) is 13.0. The second kappa shape index (κ2) is 20.4. The molecule has 2 heterocycles. The van der Waals surface area contributed by atoms with E-state index >= 15 is 0 Å². The zero-order valence-electron chi connectivity index (χ0n) is 34.8. The number of carbonyl (C=O) groups excluding carboxylic acids is 2. The molecule has 6 N–H and O–H groups in total. The average Bonchev–Trinajstić information content (AvgIpc) is 3.17. The van der Waals surface area contributed by atoms with Crippen LogP contribution in [0, 0.1) is 34.3 Å². The molecule has 2 aliphatic heterocycles. The first-order valence-electron chi connectivity index (χ1n) is 19.7. The third-order valence-electron chi connectivity index (χ3n) is 9.83. The predicted molar refractivity (Wildman–Crippen MR) is 206 cm³/mol. The summed E-state index contributed by atoms with van der Waals surface area (Å²) in [5.41, 5.74) is 11.3. The summed E-state index contributed by atoms with van der Waals surface area (Å²) in [6, 6.07) is 8.14. The molecule has 0 saturated carbocycles. The Labute approximate surface area is 362 Å². The van der Waals surface area contributed by atoms with Crippen LogP contribution in [0.4, 0.5) is 22.7 Å². The number of benzene rings is 2. The molecule has 6 aliphatic rings. The van der Waals surface area contributed by atoms with Crippen molar-refractivity contribution in [2.75, 3.05) is 36.8 Å². The van der Waals surface area contributed by atoms with Gasteiger partial charge in [0.15, 0.2) is 23.1 Å². The van der Waals surface area contributed by atoms with Crippen LogP contribution in [0.3, 0.4) is 0 Å². The zero-order valence-corrected chi connectivity index (χ0v) is 36.3. The highest BCUT2D eigenvalue weighted by molar-refractivity contribution is 6.29. The van der Waals surface area contributed by atoms with Gasteiger partial charge in [-0.2, -0.15) is 9.98 Å². The Hall–Kier alpha value is -5.06. The maximum Gasteiger partial charge on any atom is 0.258 e. The number of fused-ring (bicyclic) bond motifs is 6. The lowest BCUT2D eigenvalue weighted by molar-refractivity contribution is -2.00. The number of rotatable bonds is 8. The second-order valence-corrected chi connectivity index (χ2v) is 15.7. The van der Waals surface area contributed by atoms with E-state index in [-0.39, 0.29) is 23.7 Å². The molecule has 20 heteroatoms. The molecule has 332 valence electrons. The van der Waals surface area contributed by atoms with Crippen molar-refractivity contribution in [1.29, 1.82) is 0 Å². The summed E-state index contributed by atoms with van der Waals surface area (Å²) in [6.45, 7) is 15.7. The number of hydrogen-bond acceptors (Lipinski definition) is 16. The highest BCUT2D eigenvalue weighted by Crippen LogP contribution is 2.37. The topological polar surface area (TPSA) is 313 Å². The number of Topliss-reactive ketones (excluding diaryl/α,β-unsaturated/α-hetero) is 2. The van der Waals surface area contributed by atoms with Crippen molar-refractivity contribution in [3.8, 4) is 11.5 Å². The first-order valence-corrected chi connectivity index (χ1v) is 22.1. The number of carbonyl (C=O) groups is 2. The summed E-state index contributed by atoms with van der Waals surface area (Å²) < 4.78 is 80.4. The number of aryl methyl sites for hydroxylation is 2. The van der Waals surface area contributed by atoms with E-state index in [1.54, 1.807) is 0 Å². The van der Waals surface area contributed by atoms with Crippen molar-refractivity contribution in [1.82, 2.24) is 10.6 Å². The van der Waals surface area contributed by atoms with Crippen molar-refractivity contribution in [2.45, 2.75) is 66.5 Å². The van der Waals surface area contributed by atoms with E-state index in [0.29, 0.717) is 12.8 Å². The summed E-state index contributed by atoms with van der Waals surface area (Å²) in [5.74, 6) is 3.26. The number of likely N-dealkylation sites (N-methyl/N-ethyl adjacent to an activating group) is 2. The zero-order chi connectivity index (χ0) is 45.5. The molecule has 2 aromatic rings. The second-order valence-electron chi connectivity index (χ2n) is 14.2. The van der Waals surface area contributed by atoms with Gasteiger partial charge in [-0.15, -0.1) is 20.5 Å². The molecule has 8 rings (SSSR count). The molecular formula is C42H48Cl2N6O12.